The predicted molar refractivity (Wildman–Crippen MR) is 104 cm³/mol. The highest BCUT2D eigenvalue weighted by atomic mass is 16.5. The van der Waals surface area contributed by atoms with E-state index in [1.807, 2.05) is 30.3 Å². The van der Waals surface area contributed by atoms with Gasteiger partial charge in [0.05, 0.1) is 35.3 Å². The molecule has 0 amide bonds. The third-order valence-corrected chi connectivity index (χ3v) is 5.15. The predicted octanol–water partition coefficient (Wildman–Crippen LogP) is 3.13. The van der Waals surface area contributed by atoms with Gasteiger partial charge in [-0.05, 0) is 25.3 Å². The van der Waals surface area contributed by atoms with E-state index in [0.717, 1.165) is 37.9 Å². The Balaban J connectivity index is 1.95. The number of fused-ring (bicyclic) bond motifs is 1. The van der Waals surface area contributed by atoms with Gasteiger partial charge < -0.3 is 9.64 Å². The molecule has 1 aliphatic carbocycles. The number of likely N-dealkylation sites (tertiary alicyclic amines) is 1. The molecule has 0 bridgehead atoms. The molecule has 0 unspecified atom stereocenters. The van der Waals surface area contributed by atoms with Crippen LogP contribution in [0, 0.1) is 0 Å². The van der Waals surface area contributed by atoms with Gasteiger partial charge in [-0.3, -0.25) is 9.59 Å². The zero-order chi connectivity index (χ0) is 19.7. The largest absolute Gasteiger partial charge is 0.465 e. The molecule has 1 aliphatic heterocycles. The number of carbonyl (C=O) groups is 3. The van der Waals surface area contributed by atoms with Crippen molar-refractivity contribution in [2.24, 2.45) is 0 Å². The second-order valence-corrected chi connectivity index (χ2v) is 6.91. The maximum Gasteiger partial charge on any atom is 0.338 e. The summed E-state index contributed by atoms with van der Waals surface area (Å²) in [6.07, 6.45) is 4.52. The van der Waals surface area contributed by atoms with Gasteiger partial charge in [-0.25, -0.2) is 9.78 Å². The Morgan fingerprint density at radius 2 is 1.79 bits per heavy atom. The van der Waals surface area contributed by atoms with Gasteiger partial charge in [0.15, 0.2) is 0 Å². The lowest BCUT2D eigenvalue weighted by molar-refractivity contribution is -0.111. The number of ketones is 2. The third kappa shape index (κ3) is 3.11. The lowest BCUT2D eigenvalue weighted by Crippen LogP contribution is -2.34. The van der Waals surface area contributed by atoms with Crippen molar-refractivity contribution in [3.8, 4) is 11.3 Å². The van der Waals surface area contributed by atoms with E-state index in [1.165, 1.54) is 19.3 Å². The first-order chi connectivity index (χ1) is 13.6. The Kier molecular flexibility index (Phi) is 4.77. The maximum atomic E-state index is 12.7. The minimum absolute atomic E-state index is 0.0413. The zero-order valence-electron chi connectivity index (χ0n) is 15.6. The van der Waals surface area contributed by atoms with Crippen LogP contribution in [0.25, 0.3) is 17.0 Å². The number of allylic oxidation sites excluding steroid dienone is 1. The number of hydrogen-bond acceptors (Lipinski definition) is 6. The molecule has 1 fully saturated rings. The number of nitrogens with zero attached hydrogens (tertiary/aromatic N) is 2. The van der Waals surface area contributed by atoms with E-state index < -0.39 is 17.5 Å². The van der Waals surface area contributed by atoms with Gasteiger partial charge in [0.1, 0.15) is 0 Å². The lowest BCUT2D eigenvalue weighted by Gasteiger charge is -2.33. The topological polar surface area (TPSA) is 76.6 Å². The molecule has 4 rings (SSSR count). The summed E-state index contributed by atoms with van der Waals surface area (Å²) < 4.78 is 4.89. The molecule has 2 heterocycles. The smallest absolute Gasteiger partial charge is 0.338 e. The summed E-state index contributed by atoms with van der Waals surface area (Å²) >= 11 is 0. The van der Waals surface area contributed by atoms with Gasteiger partial charge in [-0.15, -0.1) is 0 Å². The second-order valence-electron chi connectivity index (χ2n) is 6.91. The Hall–Kier alpha value is -3.28. The van der Waals surface area contributed by atoms with Crippen molar-refractivity contribution < 1.29 is 19.1 Å². The van der Waals surface area contributed by atoms with E-state index >= 15 is 0 Å². The summed E-state index contributed by atoms with van der Waals surface area (Å²) in [7, 11) is 1.26. The number of esters is 1. The van der Waals surface area contributed by atoms with Gasteiger partial charge in [0.25, 0.3) is 0 Å². The molecule has 2 aromatic rings. The van der Waals surface area contributed by atoms with Crippen LogP contribution < -0.4 is 0 Å². The third-order valence-electron chi connectivity index (χ3n) is 5.15. The molecule has 1 saturated heterocycles. The van der Waals surface area contributed by atoms with Crippen molar-refractivity contribution in [3.63, 3.8) is 0 Å². The molecule has 142 valence electrons. The van der Waals surface area contributed by atoms with E-state index in [0.29, 0.717) is 17.1 Å². The first-order valence-corrected chi connectivity index (χ1v) is 9.34. The highest BCUT2D eigenvalue weighted by Gasteiger charge is 2.35. The highest BCUT2D eigenvalue weighted by molar-refractivity contribution is 6.51. The minimum atomic E-state index is -0.719. The van der Waals surface area contributed by atoms with Gasteiger partial charge in [-0.1, -0.05) is 30.3 Å². The van der Waals surface area contributed by atoms with Crippen molar-refractivity contribution >= 4 is 23.2 Å². The average Bonchev–Trinajstić information content (AvgIpc) is 2.76. The number of pyridine rings is 1. The molecule has 28 heavy (non-hydrogen) atoms. The average molecular weight is 376 g/mol. The van der Waals surface area contributed by atoms with Gasteiger partial charge in [0.2, 0.25) is 11.6 Å². The Morgan fingerprint density at radius 3 is 2.46 bits per heavy atom. The summed E-state index contributed by atoms with van der Waals surface area (Å²) in [5.41, 5.74) is 2.49. The number of piperidine rings is 1. The maximum absolute atomic E-state index is 12.7. The van der Waals surface area contributed by atoms with Crippen molar-refractivity contribution in [2.75, 3.05) is 20.2 Å². The normalized spacial score (nSPS) is 16.5. The molecule has 1 aromatic carbocycles. The fourth-order valence-corrected chi connectivity index (χ4v) is 3.75. The molecule has 0 radical (unpaired) electrons. The standard InChI is InChI=1S/C22H20N2O4/c1-28-22(27)15-12-16(14-8-4-2-5-9-14)23-20-17(24-10-6-3-7-11-24)13-18(25)21(26)19(15)20/h2,4-5,8-9,12-13H,3,6-7,10-11H2,1H3. The molecule has 6 nitrogen and oxygen atoms in total. The first-order valence-electron chi connectivity index (χ1n) is 9.34. The highest BCUT2D eigenvalue weighted by Crippen LogP contribution is 2.33. The molecule has 0 atom stereocenters. The molecular formula is C22H20N2O4. The number of Topliss-reactive ketones (excluding diaryl/α,β-unsaturated/α-hetero) is 1. The van der Waals surface area contributed by atoms with Gasteiger partial charge in [0, 0.05) is 24.7 Å². The van der Waals surface area contributed by atoms with Crippen LogP contribution in [0.3, 0.4) is 0 Å². The molecule has 0 spiro atoms. The first kappa shape index (κ1) is 18.1. The van der Waals surface area contributed by atoms with Crippen LogP contribution in [0.15, 0.2) is 42.5 Å². The van der Waals surface area contributed by atoms with Crippen molar-refractivity contribution in [2.45, 2.75) is 19.3 Å². The molecular weight excluding hydrogens is 356 g/mol. The van der Waals surface area contributed by atoms with Crippen LogP contribution in [0.4, 0.5) is 0 Å². The van der Waals surface area contributed by atoms with Crippen molar-refractivity contribution in [1.29, 1.82) is 0 Å². The van der Waals surface area contributed by atoms with Crippen molar-refractivity contribution in [1.82, 2.24) is 9.88 Å². The number of rotatable bonds is 3. The number of aromatic nitrogens is 1. The summed E-state index contributed by atoms with van der Waals surface area (Å²) in [4.78, 5) is 44.3. The molecule has 0 saturated carbocycles. The molecule has 0 N–H and O–H groups in total. The zero-order valence-corrected chi connectivity index (χ0v) is 15.6. The minimum Gasteiger partial charge on any atom is -0.465 e. The van der Waals surface area contributed by atoms with E-state index in [4.69, 9.17) is 9.72 Å². The van der Waals surface area contributed by atoms with E-state index in [1.54, 1.807) is 0 Å². The van der Waals surface area contributed by atoms with E-state index in [2.05, 4.69) is 4.90 Å². The van der Waals surface area contributed by atoms with Crippen LogP contribution in [-0.2, 0) is 9.53 Å². The summed E-state index contributed by atoms with van der Waals surface area (Å²) in [6, 6.07) is 11.0. The van der Waals surface area contributed by atoms with E-state index in [9.17, 15) is 14.4 Å². The van der Waals surface area contributed by atoms with Crippen LogP contribution >= 0.6 is 0 Å². The summed E-state index contributed by atoms with van der Waals surface area (Å²) in [6.45, 7) is 1.58. The van der Waals surface area contributed by atoms with Gasteiger partial charge >= 0.3 is 5.97 Å². The summed E-state index contributed by atoms with van der Waals surface area (Å²) in [5, 5.41) is 0. The quantitative estimate of drug-likeness (QED) is 0.605. The molecule has 1 aromatic heterocycles. The number of hydrogen-bond donors (Lipinski definition) is 0. The lowest BCUT2D eigenvalue weighted by atomic mass is 9.90. The number of benzene rings is 1. The second kappa shape index (κ2) is 7.38. The van der Waals surface area contributed by atoms with Crippen LogP contribution in [0.5, 0.6) is 0 Å². The van der Waals surface area contributed by atoms with Crippen LogP contribution in [0.1, 0.15) is 45.7 Å². The molecule has 6 heteroatoms. The Bertz CT molecular complexity index is 989. The fourth-order valence-electron chi connectivity index (χ4n) is 3.75. The van der Waals surface area contributed by atoms with E-state index in [-0.39, 0.29) is 11.1 Å². The van der Waals surface area contributed by atoms with Gasteiger partial charge in [-0.2, -0.15) is 0 Å². The number of methoxy groups -OCH3 is 1. The monoisotopic (exact) mass is 376 g/mol. The van der Waals surface area contributed by atoms with Crippen LogP contribution in [-0.4, -0.2) is 47.6 Å². The number of ether oxygens (including phenoxy) is 1. The SMILES string of the molecule is COC(=O)c1cc(-c2ccccc2)nc2c1C(=O)C(=O)C=C2N1CCCCC1. The molecule has 2 aliphatic rings. The Morgan fingerprint density at radius 1 is 1.07 bits per heavy atom. The number of carbonyl (C=O) groups excluding carboxylic acids is 3. The van der Waals surface area contributed by atoms with Crippen LogP contribution in [0.2, 0.25) is 0 Å². The van der Waals surface area contributed by atoms with Crippen molar-refractivity contribution in [3.05, 3.63) is 59.3 Å². The summed E-state index contributed by atoms with van der Waals surface area (Å²) in [5.74, 6) is -2.01. The Labute approximate surface area is 162 Å². The fraction of sp³-hybridized carbons (Fsp3) is 0.273.